The van der Waals surface area contributed by atoms with Crippen molar-refractivity contribution in [2.24, 2.45) is 0 Å². The van der Waals surface area contributed by atoms with E-state index in [4.69, 9.17) is 4.74 Å². The first kappa shape index (κ1) is 13.2. The van der Waals surface area contributed by atoms with Crippen LogP contribution in [0.15, 0.2) is 30.7 Å². The second-order valence-corrected chi connectivity index (χ2v) is 3.86. The number of nitrogens with zero attached hydrogens (tertiary/aromatic N) is 2. The minimum absolute atomic E-state index is 0.0836. The van der Waals surface area contributed by atoms with Gasteiger partial charge in [0.15, 0.2) is 0 Å². The van der Waals surface area contributed by atoms with E-state index in [0.29, 0.717) is 0 Å². The summed E-state index contributed by atoms with van der Waals surface area (Å²) in [5, 5.41) is 0. The first-order valence-electron chi connectivity index (χ1n) is 5.73. The Morgan fingerprint density at radius 1 is 1.42 bits per heavy atom. The normalized spacial score (nSPS) is 10.5. The number of benzene rings is 1. The maximum atomic E-state index is 13.5. The van der Waals surface area contributed by atoms with Gasteiger partial charge in [0.2, 0.25) is 0 Å². The highest BCUT2D eigenvalue weighted by Gasteiger charge is 2.14. The van der Waals surface area contributed by atoms with Gasteiger partial charge in [0.25, 0.3) is 0 Å². The van der Waals surface area contributed by atoms with Crippen LogP contribution < -0.4 is 0 Å². The van der Waals surface area contributed by atoms with Crippen LogP contribution in [0.5, 0.6) is 0 Å². The molecule has 0 saturated heterocycles. The molecule has 0 amide bonds. The van der Waals surface area contributed by atoms with E-state index in [1.165, 1.54) is 29.2 Å². The van der Waals surface area contributed by atoms with E-state index in [0.717, 1.165) is 6.07 Å². The van der Waals surface area contributed by atoms with Gasteiger partial charge in [-0.1, -0.05) is 6.07 Å². The largest absolute Gasteiger partial charge is 0.461 e. The van der Waals surface area contributed by atoms with E-state index in [1.807, 2.05) is 0 Å². The summed E-state index contributed by atoms with van der Waals surface area (Å²) in [4.78, 5) is 15.5. The predicted molar refractivity (Wildman–Crippen MR) is 63.6 cm³/mol. The van der Waals surface area contributed by atoms with E-state index < -0.39 is 17.6 Å². The molecule has 4 nitrogen and oxygen atoms in total. The highest BCUT2D eigenvalue weighted by atomic mass is 19.1. The van der Waals surface area contributed by atoms with Crippen LogP contribution in [0.4, 0.5) is 8.78 Å². The number of rotatable bonds is 4. The second-order valence-electron chi connectivity index (χ2n) is 3.86. The molecule has 1 aromatic carbocycles. The Morgan fingerprint density at radius 2 is 2.21 bits per heavy atom. The van der Waals surface area contributed by atoms with E-state index in [9.17, 15) is 13.6 Å². The van der Waals surface area contributed by atoms with E-state index in [2.05, 4.69) is 4.98 Å². The molecule has 2 aromatic rings. The quantitative estimate of drug-likeness (QED) is 0.798. The Bertz CT molecular complexity index is 596. The third kappa shape index (κ3) is 2.96. The van der Waals surface area contributed by atoms with Gasteiger partial charge in [-0.15, -0.1) is 0 Å². The van der Waals surface area contributed by atoms with Crippen LogP contribution in [-0.4, -0.2) is 22.1 Å². The van der Waals surface area contributed by atoms with E-state index >= 15 is 0 Å². The van der Waals surface area contributed by atoms with Crippen LogP contribution in [0.1, 0.15) is 23.0 Å². The number of carbonyl (C=O) groups is 1. The topological polar surface area (TPSA) is 44.1 Å². The van der Waals surface area contributed by atoms with Crippen LogP contribution in [0.25, 0.3) is 0 Å². The van der Waals surface area contributed by atoms with Crippen LogP contribution in [0.2, 0.25) is 0 Å². The summed E-state index contributed by atoms with van der Waals surface area (Å²) < 4.78 is 32.6. The van der Waals surface area contributed by atoms with Gasteiger partial charge in [-0.2, -0.15) is 0 Å². The van der Waals surface area contributed by atoms with Crippen molar-refractivity contribution >= 4 is 5.97 Å². The van der Waals surface area contributed by atoms with Crippen LogP contribution in [-0.2, 0) is 11.3 Å². The first-order valence-corrected chi connectivity index (χ1v) is 5.73. The second kappa shape index (κ2) is 5.60. The molecule has 1 aromatic heterocycles. The van der Waals surface area contributed by atoms with Crippen molar-refractivity contribution in [2.45, 2.75) is 13.5 Å². The molecular formula is C13H12F2N2O2. The van der Waals surface area contributed by atoms with Gasteiger partial charge in [-0.3, -0.25) is 0 Å². The Labute approximate surface area is 108 Å². The van der Waals surface area contributed by atoms with E-state index in [-0.39, 0.29) is 24.4 Å². The molecular weight excluding hydrogens is 254 g/mol. The summed E-state index contributed by atoms with van der Waals surface area (Å²) in [6.07, 6.45) is 2.74. The summed E-state index contributed by atoms with van der Waals surface area (Å²) in [5.41, 5.74) is 0.496. The molecule has 0 aliphatic rings. The summed E-state index contributed by atoms with van der Waals surface area (Å²) in [6.45, 7) is 2.02. The molecule has 2 rings (SSSR count). The zero-order valence-electron chi connectivity index (χ0n) is 10.3. The Hall–Kier alpha value is -2.24. The van der Waals surface area contributed by atoms with Crippen molar-refractivity contribution < 1.29 is 18.3 Å². The van der Waals surface area contributed by atoms with Crippen LogP contribution in [0, 0.1) is 11.6 Å². The van der Waals surface area contributed by atoms with Gasteiger partial charge in [-0.05, 0) is 13.0 Å². The average molecular weight is 266 g/mol. The molecule has 0 saturated carbocycles. The first-order chi connectivity index (χ1) is 9.11. The lowest BCUT2D eigenvalue weighted by atomic mass is 10.2. The number of esters is 1. The number of ether oxygens (including phenoxy) is 1. The zero-order chi connectivity index (χ0) is 13.8. The molecule has 0 aliphatic carbocycles. The molecule has 0 bridgehead atoms. The molecule has 0 N–H and O–H groups in total. The number of hydrogen-bond acceptors (Lipinski definition) is 3. The Kier molecular flexibility index (Phi) is 3.89. The molecule has 19 heavy (non-hydrogen) atoms. The maximum Gasteiger partial charge on any atom is 0.356 e. The highest BCUT2D eigenvalue weighted by Crippen LogP contribution is 2.13. The van der Waals surface area contributed by atoms with Crippen molar-refractivity contribution in [2.75, 3.05) is 6.61 Å². The summed E-state index contributed by atoms with van der Waals surface area (Å²) in [5.74, 6) is -1.83. The maximum absolute atomic E-state index is 13.5. The van der Waals surface area contributed by atoms with Crippen LogP contribution >= 0.6 is 0 Å². The van der Waals surface area contributed by atoms with Gasteiger partial charge in [0, 0.05) is 11.6 Å². The van der Waals surface area contributed by atoms with Crippen LogP contribution in [0.3, 0.4) is 0 Å². The summed E-state index contributed by atoms with van der Waals surface area (Å²) >= 11 is 0. The molecule has 100 valence electrons. The SMILES string of the molecule is CCOC(=O)c1cncn1Cc1ccc(F)cc1F. The molecule has 1 heterocycles. The fraction of sp³-hybridized carbons (Fsp3) is 0.231. The predicted octanol–water partition coefficient (Wildman–Crippen LogP) is 2.39. The number of hydrogen-bond donors (Lipinski definition) is 0. The van der Waals surface area contributed by atoms with Gasteiger partial charge < -0.3 is 9.30 Å². The summed E-state index contributed by atoms with van der Waals surface area (Å²) in [6, 6.07) is 3.30. The number of halogens is 2. The lowest BCUT2D eigenvalue weighted by molar-refractivity contribution is 0.0514. The zero-order valence-corrected chi connectivity index (χ0v) is 10.3. The minimum Gasteiger partial charge on any atom is -0.461 e. The molecule has 0 spiro atoms. The third-order valence-corrected chi connectivity index (χ3v) is 2.55. The standard InChI is InChI=1S/C13H12F2N2O2/c1-2-19-13(18)12-6-16-8-17(12)7-9-3-4-10(14)5-11(9)15/h3-6,8H,2,7H2,1H3. The lowest BCUT2D eigenvalue weighted by Crippen LogP contribution is -2.13. The molecule has 0 radical (unpaired) electrons. The van der Waals surface area contributed by atoms with Crippen molar-refractivity contribution in [3.8, 4) is 0 Å². The molecule has 0 aliphatic heterocycles. The monoisotopic (exact) mass is 266 g/mol. The van der Waals surface area contributed by atoms with Crippen molar-refractivity contribution in [1.29, 1.82) is 0 Å². The Morgan fingerprint density at radius 3 is 2.89 bits per heavy atom. The average Bonchev–Trinajstić information content (AvgIpc) is 2.81. The van der Waals surface area contributed by atoms with Gasteiger partial charge >= 0.3 is 5.97 Å². The number of imidazole rings is 1. The van der Waals surface area contributed by atoms with Gasteiger partial charge in [0.1, 0.15) is 17.3 Å². The molecule has 0 unspecified atom stereocenters. The third-order valence-electron chi connectivity index (χ3n) is 2.55. The van der Waals surface area contributed by atoms with Gasteiger partial charge in [-0.25, -0.2) is 18.6 Å². The minimum atomic E-state index is -0.663. The van der Waals surface area contributed by atoms with E-state index in [1.54, 1.807) is 6.92 Å². The fourth-order valence-corrected chi connectivity index (χ4v) is 1.66. The fourth-order valence-electron chi connectivity index (χ4n) is 1.66. The van der Waals surface area contributed by atoms with Crippen molar-refractivity contribution in [1.82, 2.24) is 9.55 Å². The molecule has 6 heteroatoms. The van der Waals surface area contributed by atoms with Gasteiger partial charge in [0.05, 0.1) is 25.7 Å². The van der Waals surface area contributed by atoms with Crippen molar-refractivity contribution in [3.63, 3.8) is 0 Å². The Balaban J connectivity index is 2.24. The number of aromatic nitrogens is 2. The highest BCUT2D eigenvalue weighted by molar-refractivity contribution is 5.87. The van der Waals surface area contributed by atoms with Crippen molar-refractivity contribution in [3.05, 3.63) is 53.6 Å². The summed E-state index contributed by atoms with van der Waals surface area (Å²) in [7, 11) is 0. The molecule has 0 fully saturated rings. The molecule has 0 atom stereocenters. The number of carbonyl (C=O) groups excluding carboxylic acids is 1. The lowest BCUT2D eigenvalue weighted by Gasteiger charge is -2.08. The smallest absolute Gasteiger partial charge is 0.356 e.